The average Bonchev–Trinajstić information content (AvgIpc) is 3.61. The Hall–Kier alpha value is -4.73. The number of amidine groups is 1. The second-order valence-corrected chi connectivity index (χ2v) is 8.24. The molecule has 3 aliphatic rings. The molecule has 0 saturated carbocycles. The topological polar surface area (TPSA) is 110 Å². The van der Waals surface area contributed by atoms with E-state index in [2.05, 4.69) is 15.3 Å². The van der Waals surface area contributed by atoms with Crippen LogP contribution in [0.5, 0.6) is 23.0 Å². The molecule has 10 nitrogen and oxygen atoms in total. The lowest BCUT2D eigenvalue weighted by atomic mass is 10.0. The number of aromatic nitrogens is 2. The summed E-state index contributed by atoms with van der Waals surface area (Å²) in [5, 5.41) is 2.95. The number of imidazole rings is 1. The maximum absolute atomic E-state index is 13.3. The molecule has 1 saturated heterocycles. The zero-order valence-corrected chi connectivity index (χ0v) is 18.4. The highest BCUT2D eigenvalue weighted by atomic mass is 16.7. The number of amides is 2. The summed E-state index contributed by atoms with van der Waals surface area (Å²) in [7, 11) is 0. The fourth-order valence-corrected chi connectivity index (χ4v) is 4.53. The number of aliphatic imine (C=N–C) groups is 1. The summed E-state index contributed by atoms with van der Waals surface area (Å²) in [4.78, 5) is 27.2. The number of carbonyl (C=O) groups excluding carboxylic acids is 1. The van der Waals surface area contributed by atoms with E-state index in [0.717, 1.165) is 16.6 Å². The third-order valence-corrected chi connectivity index (χ3v) is 6.14. The van der Waals surface area contributed by atoms with E-state index in [1.54, 1.807) is 11.2 Å². The van der Waals surface area contributed by atoms with Crippen molar-refractivity contribution in [3.05, 3.63) is 66.5 Å². The third kappa shape index (κ3) is 3.30. The Labute approximate surface area is 199 Å². The maximum Gasteiger partial charge on any atom is 0.328 e. The molecule has 174 valence electrons. The number of nitrogens with zero attached hydrogens (tertiary/aromatic N) is 3. The summed E-state index contributed by atoms with van der Waals surface area (Å²) in [5.41, 5.74) is 3.80. The van der Waals surface area contributed by atoms with Crippen LogP contribution in [-0.2, 0) is 0 Å². The Balaban J connectivity index is 1.35. The number of fused-ring (bicyclic) bond motifs is 3. The van der Waals surface area contributed by atoms with Crippen molar-refractivity contribution in [1.29, 1.82) is 0 Å². The second kappa shape index (κ2) is 7.66. The van der Waals surface area contributed by atoms with Gasteiger partial charge in [0.05, 0.1) is 23.0 Å². The lowest BCUT2D eigenvalue weighted by molar-refractivity contribution is 0.171. The van der Waals surface area contributed by atoms with Crippen LogP contribution in [0.25, 0.3) is 11.0 Å². The zero-order chi connectivity index (χ0) is 23.4. The predicted molar refractivity (Wildman–Crippen MR) is 127 cm³/mol. The van der Waals surface area contributed by atoms with Crippen molar-refractivity contribution in [2.45, 2.75) is 6.04 Å². The Kier molecular flexibility index (Phi) is 4.31. The van der Waals surface area contributed by atoms with Gasteiger partial charge in [-0.25, -0.2) is 14.8 Å². The summed E-state index contributed by atoms with van der Waals surface area (Å²) in [5.74, 6) is 3.08. The van der Waals surface area contributed by atoms with E-state index in [0.29, 0.717) is 53.4 Å². The van der Waals surface area contributed by atoms with E-state index in [9.17, 15) is 4.79 Å². The maximum atomic E-state index is 13.3. The highest BCUT2D eigenvalue weighted by Gasteiger charge is 2.40. The van der Waals surface area contributed by atoms with E-state index in [4.69, 9.17) is 23.9 Å². The molecule has 2 N–H and O–H groups in total. The summed E-state index contributed by atoms with van der Waals surface area (Å²) >= 11 is 0. The van der Waals surface area contributed by atoms with Crippen LogP contribution in [0, 0.1) is 0 Å². The van der Waals surface area contributed by atoms with Gasteiger partial charge in [0.1, 0.15) is 25.1 Å². The van der Waals surface area contributed by atoms with Gasteiger partial charge in [0, 0.05) is 11.8 Å². The van der Waals surface area contributed by atoms with Crippen LogP contribution in [0.2, 0.25) is 0 Å². The van der Waals surface area contributed by atoms with Crippen LogP contribution in [0.4, 0.5) is 16.2 Å². The molecular formula is C25H19N5O5. The molecule has 0 bridgehead atoms. The van der Waals surface area contributed by atoms with Gasteiger partial charge in [0.25, 0.3) is 0 Å². The number of carbonyl (C=O) groups is 1. The van der Waals surface area contributed by atoms with Gasteiger partial charge >= 0.3 is 6.03 Å². The zero-order valence-electron chi connectivity index (χ0n) is 18.4. The molecule has 1 unspecified atom stereocenters. The Morgan fingerprint density at radius 1 is 0.886 bits per heavy atom. The SMILES string of the molecule is O=C1N/C(=N\c2ccc3c(c2)OCCO3)C(c2ccc3c(c2)OCO3)N1c1ccc2[nH]cnc2c1. The molecule has 35 heavy (non-hydrogen) atoms. The summed E-state index contributed by atoms with van der Waals surface area (Å²) in [6.07, 6.45) is 1.63. The highest BCUT2D eigenvalue weighted by molar-refractivity contribution is 6.17. The van der Waals surface area contributed by atoms with Crippen molar-refractivity contribution < 1.29 is 23.7 Å². The standard InChI is InChI=1S/C25H19N5O5/c31-25-29-24(28-15-2-6-19-22(10-15)33-8-7-32-19)23(14-1-5-20-21(9-14)35-13-34-20)30(25)16-3-4-17-18(11-16)27-12-26-17/h1-6,9-12,23H,7-8,13H2,(H,26,27)(H,28,29,31). The number of H-pyrrole nitrogens is 1. The van der Waals surface area contributed by atoms with Gasteiger partial charge in [-0.3, -0.25) is 10.2 Å². The number of hydrogen-bond donors (Lipinski definition) is 2. The summed E-state index contributed by atoms with van der Waals surface area (Å²) < 4.78 is 22.4. The van der Waals surface area contributed by atoms with E-state index >= 15 is 0 Å². The van der Waals surface area contributed by atoms with Crippen LogP contribution in [-0.4, -0.2) is 41.8 Å². The molecule has 3 aromatic carbocycles. The first-order valence-electron chi connectivity index (χ1n) is 11.1. The molecule has 1 atom stereocenters. The summed E-state index contributed by atoms with van der Waals surface area (Å²) in [6.45, 7) is 1.16. The van der Waals surface area contributed by atoms with Crippen LogP contribution in [0.15, 0.2) is 65.9 Å². The number of ether oxygens (including phenoxy) is 4. The minimum atomic E-state index is -0.526. The van der Waals surface area contributed by atoms with Gasteiger partial charge < -0.3 is 23.9 Å². The molecular weight excluding hydrogens is 450 g/mol. The first-order valence-corrected chi connectivity index (χ1v) is 11.1. The van der Waals surface area contributed by atoms with Gasteiger partial charge in [-0.1, -0.05) is 6.07 Å². The smallest absolute Gasteiger partial charge is 0.328 e. The van der Waals surface area contributed by atoms with Crippen molar-refractivity contribution in [3.63, 3.8) is 0 Å². The van der Waals surface area contributed by atoms with Crippen LogP contribution >= 0.6 is 0 Å². The fourth-order valence-electron chi connectivity index (χ4n) is 4.53. The summed E-state index contributed by atoms with van der Waals surface area (Å²) in [6, 6.07) is 15.9. The van der Waals surface area contributed by atoms with Gasteiger partial charge in [0.2, 0.25) is 6.79 Å². The number of nitrogens with one attached hydrogen (secondary N) is 2. The van der Waals surface area contributed by atoms with Crippen molar-refractivity contribution >= 4 is 34.3 Å². The van der Waals surface area contributed by atoms with E-state index in [1.807, 2.05) is 54.6 Å². The highest BCUT2D eigenvalue weighted by Crippen LogP contribution is 2.40. The molecule has 0 spiro atoms. The first kappa shape index (κ1) is 19.7. The predicted octanol–water partition coefficient (Wildman–Crippen LogP) is 4.06. The number of aromatic amines is 1. The quantitative estimate of drug-likeness (QED) is 0.468. The minimum absolute atomic E-state index is 0.165. The van der Waals surface area contributed by atoms with E-state index < -0.39 is 6.04 Å². The molecule has 4 heterocycles. The fraction of sp³-hybridized carbons (Fsp3) is 0.160. The molecule has 10 heteroatoms. The van der Waals surface area contributed by atoms with Crippen molar-refractivity contribution in [3.8, 4) is 23.0 Å². The van der Waals surface area contributed by atoms with Gasteiger partial charge in [-0.2, -0.15) is 0 Å². The van der Waals surface area contributed by atoms with Crippen LogP contribution in [0.3, 0.4) is 0 Å². The van der Waals surface area contributed by atoms with Crippen LogP contribution in [0.1, 0.15) is 11.6 Å². The average molecular weight is 469 g/mol. The van der Waals surface area contributed by atoms with Crippen molar-refractivity contribution in [2.75, 3.05) is 24.9 Å². The number of benzene rings is 3. The Morgan fingerprint density at radius 2 is 1.69 bits per heavy atom. The monoisotopic (exact) mass is 469 g/mol. The largest absolute Gasteiger partial charge is 0.486 e. The van der Waals surface area contributed by atoms with Gasteiger partial charge in [-0.15, -0.1) is 0 Å². The molecule has 0 radical (unpaired) electrons. The molecule has 3 aliphatic heterocycles. The molecule has 1 aromatic heterocycles. The molecule has 0 aliphatic carbocycles. The molecule has 2 amide bonds. The molecule has 1 fully saturated rings. The van der Waals surface area contributed by atoms with Gasteiger partial charge in [-0.05, 0) is 48.0 Å². The van der Waals surface area contributed by atoms with Crippen LogP contribution < -0.4 is 29.2 Å². The minimum Gasteiger partial charge on any atom is -0.486 e. The lowest BCUT2D eigenvalue weighted by Gasteiger charge is -2.24. The lowest BCUT2D eigenvalue weighted by Crippen LogP contribution is -2.29. The van der Waals surface area contributed by atoms with E-state index in [1.165, 1.54) is 0 Å². The third-order valence-electron chi connectivity index (χ3n) is 6.14. The first-order chi connectivity index (χ1) is 17.2. The van der Waals surface area contributed by atoms with E-state index in [-0.39, 0.29) is 12.8 Å². The second-order valence-electron chi connectivity index (χ2n) is 8.24. The van der Waals surface area contributed by atoms with Crippen molar-refractivity contribution in [2.24, 2.45) is 4.99 Å². The number of rotatable bonds is 3. The molecule has 7 rings (SSSR count). The number of anilines is 1. The van der Waals surface area contributed by atoms with Crippen molar-refractivity contribution in [1.82, 2.24) is 15.3 Å². The normalized spacial score (nSPS) is 19.4. The Bertz CT molecular complexity index is 1510. The van der Waals surface area contributed by atoms with Gasteiger partial charge in [0.15, 0.2) is 23.0 Å². The number of urea groups is 1. The Morgan fingerprint density at radius 3 is 2.63 bits per heavy atom. The number of hydrogen-bond acceptors (Lipinski definition) is 7. The molecule has 4 aromatic rings.